The van der Waals surface area contributed by atoms with Crippen molar-refractivity contribution in [1.29, 1.82) is 0 Å². The van der Waals surface area contributed by atoms with Crippen molar-refractivity contribution < 1.29 is 19.0 Å². The molecular weight excluding hydrogens is 514 g/mol. The number of aromatic amines is 1. The molecule has 6 rings (SSSR count). The van der Waals surface area contributed by atoms with Crippen molar-refractivity contribution in [2.75, 3.05) is 41.5 Å². The Morgan fingerprint density at radius 1 is 0.780 bits per heavy atom. The van der Waals surface area contributed by atoms with Crippen molar-refractivity contribution in [2.45, 2.75) is 6.61 Å². The molecule has 5 aromatic rings. The number of rotatable bonds is 10. The lowest BCUT2D eigenvalue weighted by atomic mass is 10.0. The first-order valence-corrected chi connectivity index (χ1v) is 13.6. The number of fused-ring (bicyclic) bond motifs is 5. The van der Waals surface area contributed by atoms with Gasteiger partial charge in [0.05, 0.1) is 19.9 Å². The zero-order valence-corrected chi connectivity index (χ0v) is 23.7. The third-order valence-electron chi connectivity index (χ3n) is 7.31. The molecule has 1 N–H and O–H groups in total. The molecule has 208 valence electrons. The van der Waals surface area contributed by atoms with Gasteiger partial charge in [-0.05, 0) is 61.1 Å². The summed E-state index contributed by atoms with van der Waals surface area (Å²) >= 11 is 0. The van der Waals surface area contributed by atoms with Crippen molar-refractivity contribution in [3.05, 3.63) is 102 Å². The molecular formula is C34H33N3O4. The summed E-state index contributed by atoms with van der Waals surface area (Å²) < 4.78 is 17.3. The highest BCUT2D eigenvalue weighted by Crippen LogP contribution is 2.46. The Labute approximate surface area is 239 Å². The van der Waals surface area contributed by atoms with Crippen LogP contribution in [-0.2, 0) is 11.4 Å². The number of aromatic nitrogens is 1. The Bertz CT molecular complexity index is 1710. The summed E-state index contributed by atoms with van der Waals surface area (Å²) in [5.74, 6) is 2.10. The number of nitrogens with one attached hydrogen (secondary N) is 1. The predicted molar refractivity (Wildman–Crippen MR) is 163 cm³/mol. The molecule has 0 saturated carbocycles. The topological polar surface area (TPSA) is 68.3 Å². The van der Waals surface area contributed by atoms with Gasteiger partial charge in [0.2, 0.25) is 0 Å². The molecule has 7 nitrogen and oxygen atoms in total. The molecule has 0 atom stereocenters. The highest BCUT2D eigenvalue weighted by molar-refractivity contribution is 6.30. The maximum Gasteiger partial charge on any atom is 0.161 e. The van der Waals surface area contributed by atoms with E-state index in [-0.39, 0.29) is 0 Å². The number of oxime groups is 1. The number of nitrogens with zero attached hydrogens (tertiary/aromatic N) is 2. The van der Waals surface area contributed by atoms with Crippen molar-refractivity contribution in [3.8, 4) is 39.6 Å². The lowest BCUT2D eigenvalue weighted by Gasteiger charge is -2.12. The lowest BCUT2D eigenvalue weighted by Crippen LogP contribution is -2.19. The summed E-state index contributed by atoms with van der Waals surface area (Å²) in [5.41, 5.74) is 8.98. The van der Waals surface area contributed by atoms with E-state index in [2.05, 4.69) is 52.3 Å². The van der Waals surface area contributed by atoms with Gasteiger partial charge in [-0.2, -0.15) is 0 Å². The van der Waals surface area contributed by atoms with Crippen molar-refractivity contribution in [1.82, 2.24) is 9.88 Å². The molecule has 0 spiro atoms. The predicted octanol–water partition coefficient (Wildman–Crippen LogP) is 6.74. The van der Waals surface area contributed by atoms with Crippen LogP contribution in [0.4, 0.5) is 0 Å². The highest BCUT2D eigenvalue weighted by Gasteiger charge is 2.32. The lowest BCUT2D eigenvalue weighted by molar-refractivity contribution is 0.131. The number of methoxy groups -OCH3 is 2. The van der Waals surface area contributed by atoms with Crippen LogP contribution in [0.15, 0.2) is 90.1 Å². The molecule has 1 heterocycles. The second kappa shape index (κ2) is 11.4. The van der Waals surface area contributed by atoms with Gasteiger partial charge in [-0.3, -0.25) is 0 Å². The molecule has 0 saturated heterocycles. The highest BCUT2D eigenvalue weighted by atomic mass is 16.6. The summed E-state index contributed by atoms with van der Waals surface area (Å²) in [6.07, 6.45) is 0. The second-order valence-corrected chi connectivity index (χ2v) is 10.3. The van der Waals surface area contributed by atoms with Gasteiger partial charge in [-0.15, -0.1) is 0 Å². The van der Waals surface area contributed by atoms with E-state index in [4.69, 9.17) is 24.2 Å². The molecule has 1 aliphatic rings. The van der Waals surface area contributed by atoms with Gasteiger partial charge in [0.1, 0.15) is 24.7 Å². The van der Waals surface area contributed by atoms with Crippen LogP contribution >= 0.6 is 0 Å². The van der Waals surface area contributed by atoms with Gasteiger partial charge in [-0.1, -0.05) is 59.8 Å². The van der Waals surface area contributed by atoms with Gasteiger partial charge in [0.25, 0.3) is 0 Å². The Balaban J connectivity index is 1.34. The smallest absolute Gasteiger partial charge is 0.161 e. The maximum atomic E-state index is 6.05. The van der Waals surface area contributed by atoms with Crippen LogP contribution in [0.25, 0.3) is 33.3 Å². The molecule has 41 heavy (non-hydrogen) atoms. The quantitative estimate of drug-likeness (QED) is 0.192. The van der Waals surface area contributed by atoms with Gasteiger partial charge in [0, 0.05) is 34.1 Å². The zero-order chi connectivity index (χ0) is 28.3. The van der Waals surface area contributed by atoms with Gasteiger partial charge < -0.3 is 28.9 Å². The van der Waals surface area contributed by atoms with Gasteiger partial charge >= 0.3 is 0 Å². The molecule has 0 aliphatic heterocycles. The SMILES string of the molecule is COc1cc2c(cc1OC)-c1[nH]c3ccc(OCCN(C)C)cc3c1C2=NOCc1ccc(-c2ccccc2)cc1. The van der Waals surface area contributed by atoms with E-state index < -0.39 is 0 Å². The molecule has 4 aromatic carbocycles. The van der Waals surface area contributed by atoms with E-state index in [1.807, 2.05) is 56.6 Å². The van der Waals surface area contributed by atoms with Crippen LogP contribution < -0.4 is 14.2 Å². The minimum Gasteiger partial charge on any atom is -0.493 e. The number of benzene rings is 4. The molecule has 0 bridgehead atoms. The molecule has 7 heteroatoms. The second-order valence-electron chi connectivity index (χ2n) is 10.3. The Morgan fingerprint density at radius 2 is 1.49 bits per heavy atom. The number of likely N-dealkylation sites (N-methyl/N-ethyl adjacent to an activating group) is 1. The van der Waals surface area contributed by atoms with Crippen LogP contribution in [0.2, 0.25) is 0 Å². The average molecular weight is 548 g/mol. The summed E-state index contributed by atoms with van der Waals surface area (Å²) in [6.45, 7) is 1.78. The molecule has 0 unspecified atom stereocenters. The van der Waals surface area contributed by atoms with Crippen molar-refractivity contribution >= 4 is 16.6 Å². The molecule has 0 radical (unpaired) electrons. The Kier molecular flexibility index (Phi) is 7.35. The number of hydrogen-bond donors (Lipinski definition) is 1. The van der Waals surface area contributed by atoms with Crippen LogP contribution in [0.1, 0.15) is 16.7 Å². The summed E-state index contributed by atoms with van der Waals surface area (Å²) in [7, 11) is 7.35. The fourth-order valence-corrected chi connectivity index (χ4v) is 5.16. The van der Waals surface area contributed by atoms with E-state index in [1.165, 1.54) is 11.1 Å². The van der Waals surface area contributed by atoms with E-state index in [1.54, 1.807) is 14.2 Å². The molecule has 1 aliphatic carbocycles. The summed E-state index contributed by atoms with van der Waals surface area (Å²) in [5, 5.41) is 5.72. The largest absolute Gasteiger partial charge is 0.493 e. The van der Waals surface area contributed by atoms with Crippen LogP contribution in [0, 0.1) is 0 Å². The van der Waals surface area contributed by atoms with Gasteiger partial charge in [0.15, 0.2) is 11.5 Å². The first-order chi connectivity index (χ1) is 20.1. The van der Waals surface area contributed by atoms with E-state index in [9.17, 15) is 0 Å². The average Bonchev–Trinajstić information content (AvgIpc) is 3.51. The van der Waals surface area contributed by atoms with Crippen LogP contribution in [0.5, 0.6) is 17.2 Å². The Hall–Kier alpha value is -4.75. The van der Waals surface area contributed by atoms with E-state index in [0.29, 0.717) is 24.7 Å². The fourth-order valence-electron chi connectivity index (χ4n) is 5.16. The maximum absolute atomic E-state index is 6.05. The molecule has 0 fully saturated rings. The third-order valence-corrected chi connectivity index (χ3v) is 7.31. The zero-order valence-electron chi connectivity index (χ0n) is 23.7. The van der Waals surface area contributed by atoms with Crippen LogP contribution in [-0.4, -0.2) is 57.1 Å². The summed E-state index contributed by atoms with van der Waals surface area (Å²) in [4.78, 5) is 11.7. The monoisotopic (exact) mass is 547 g/mol. The van der Waals surface area contributed by atoms with E-state index in [0.717, 1.165) is 56.9 Å². The molecule has 1 aromatic heterocycles. The van der Waals surface area contributed by atoms with Crippen molar-refractivity contribution in [3.63, 3.8) is 0 Å². The van der Waals surface area contributed by atoms with E-state index >= 15 is 0 Å². The fraction of sp³-hybridized carbons (Fsp3) is 0.206. The van der Waals surface area contributed by atoms with Crippen LogP contribution in [0.3, 0.4) is 0 Å². The Morgan fingerprint density at radius 3 is 2.20 bits per heavy atom. The molecule has 0 amide bonds. The summed E-state index contributed by atoms with van der Waals surface area (Å²) in [6, 6.07) is 28.8. The minimum absolute atomic E-state index is 0.345. The van der Waals surface area contributed by atoms with Gasteiger partial charge in [-0.25, -0.2) is 0 Å². The first-order valence-electron chi connectivity index (χ1n) is 13.6. The van der Waals surface area contributed by atoms with Crippen molar-refractivity contribution in [2.24, 2.45) is 5.16 Å². The third kappa shape index (κ3) is 5.24. The number of H-pyrrole nitrogens is 1. The number of hydrogen-bond acceptors (Lipinski definition) is 6. The number of ether oxygens (including phenoxy) is 3. The standard InChI is InChI=1S/C34H33N3O4/c1-37(2)16-17-40-25-14-15-29-28(18-25)32-33(35-29)26-19-30(38-3)31(39-4)20-27(26)34(32)36-41-21-22-10-12-24(13-11-22)23-8-6-5-7-9-23/h5-15,18-20,35H,16-17,21H2,1-4H3. The normalized spacial score (nSPS) is 13.0. The minimum atomic E-state index is 0.345. The first kappa shape index (κ1) is 26.5.